The molecule has 0 aliphatic rings. The summed E-state index contributed by atoms with van der Waals surface area (Å²) in [5, 5.41) is 10.1. The quantitative estimate of drug-likeness (QED) is 0.451. The van der Waals surface area contributed by atoms with Crippen LogP contribution in [0.2, 0.25) is 0 Å². The smallest absolute Gasteiger partial charge is 0.341 e. The third-order valence-electron chi connectivity index (χ3n) is 3.94. The lowest BCUT2D eigenvalue weighted by atomic mass is 10.2. The number of carbonyl (C=O) groups is 2. The summed E-state index contributed by atoms with van der Waals surface area (Å²) in [6, 6.07) is 4.95. The zero-order valence-electron chi connectivity index (χ0n) is 15.5. The molecule has 0 fully saturated rings. The molecule has 0 unspecified atom stereocenters. The van der Waals surface area contributed by atoms with Gasteiger partial charge in [-0.05, 0) is 36.4 Å². The normalized spacial score (nSPS) is 11.3. The lowest BCUT2D eigenvalue weighted by Gasteiger charge is -2.11. The van der Waals surface area contributed by atoms with Gasteiger partial charge in [0.1, 0.15) is 5.82 Å². The number of hydrogen-bond acceptors (Lipinski definition) is 4. The second-order valence-corrected chi connectivity index (χ2v) is 6.13. The van der Waals surface area contributed by atoms with Crippen molar-refractivity contribution in [3.05, 3.63) is 71.1 Å². The van der Waals surface area contributed by atoms with Crippen LogP contribution in [0.4, 0.5) is 36.4 Å². The van der Waals surface area contributed by atoms with E-state index in [4.69, 9.17) is 0 Å². The third kappa shape index (κ3) is 4.68. The van der Waals surface area contributed by atoms with Crippen molar-refractivity contribution in [3.63, 3.8) is 0 Å². The van der Waals surface area contributed by atoms with Crippen LogP contribution in [0.25, 0.3) is 5.69 Å². The monoisotopic (exact) mass is 461 g/mol. The van der Waals surface area contributed by atoms with Crippen LogP contribution in [0.5, 0.6) is 0 Å². The zero-order valence-corrected chi connectivity index (χ0v) is 15.5. The van der Waals surface area contributed by atoms with Crippen LogP contribution in [0.1, 0.15) is 16.2 Å². The molecule has 14 heteroatoms. The molecule has 168 valence electrons. The Labute approximate surface area is 173 Å². The summed E-state index contributed by atoms with van der Waals surface area (Å²) in [5.74, 6) is -8.37. The molecule has 1 aromatic heterocycles. The predicted molar refractivity (Wildman–Crippen MR) is 93.6 cm³/mol. The van der Waals surface area contributed by atoms with E-state index in [1.165, 1.54) is 0 Å². The number of aromatic nitrogens is 3. The van der Waals surface area contributed by atoms with Gasteiger partial charge in [0.05, 0.1) is 17.9 Å². The Balaban J connectivity index is 1.77. The fourth-order valence-electron chi connectivity index (χ4n) is 2.51. The number of alkyl halides is 3. The summed E-state index contributed by atoms with van der Waals surface area (Å²) >= 11 is 0. The summed E-state index contributed by atoms with van der Waals surface area (Å²) in [6.45, 7) is -0.960. The van der Waals surface area contributed by atoms with Gasteiger partial charge < -0.3 is 10.6 Å². The first kappa shape index (κ1) is 22.7. The Morgan fingerprint density at radius 1 is 0.938 bits per heavy atom. The largest absolute Gasteiger partial charge is 0.435 e. The van der Waals surface area contributed by atoms with E-state index < -0.39 is 64.9 Å². The predicted octanol–water partition coefficient (Wildman–Crippen LogP) is 3.21. The maximum Gasteiger partial charge on any atom is 0.435 e. The summed E-state index contributed by atoms with van der Waals surface area (Å²) in [5.41, 5.74) is -3.76. The Morgan fingerprint density at radius 2 is 1.59 bits per heavy atom. The Hall–Kier alpha value is -3.97. The van der Waals surface area contributed by atoms with Gasteiger partial charge in [0.25, 0.3) is 5.91 Å². The Morgan fingerprint density at radius 3 is 2.22 bits per heavy atom. The molecule has 0 radical (unpaired) electrons. The van der Waals surface area contributed by atoms with E-state index >= 15 is 0 Å². The minimum absolute atomic E-state index is 0.239. The van der Waals surface area contributed by atoms with Gasteiger partial charge >= 0.3 is 6.18 Å². The lowest BCUT2D eigenvalue weighted by Crippen LogP contribution is -2.34. The van der Waals surface area contributed by atoms with Crippen molar-refractivity contribution in [1.29, 1.82) is 0 Å². The minimum Gasteiger partial charge on any atom is -0.341 e. The molecular weight excluding hydrogens is 451 g/mol. The SMILES string of the molecule is O=C(CNC(=O)c1nnn(-c2ccc(F)cc2)c1C(F)(F)F)Nc1ccc(F)c(F)c1F. The first-order valence-corrected chi connectivity index (χ1v) is 8.49. The van der Waals surface area contributed by atoms with Gasteiger partial charge in [0, 0.05) is 0 Å². The Bertz CT molecular complexity index is 1180. The average molecular weight is 461 g/mol. The van der Waals surface area contributed by atoms with Crippen molar-refractivity contribution < 1.29 is 40.3 Å². The first-order chi connectivity index (χ1) is 15.0. The number of nitrogens with one attached hydrogen (secondary N) is 2. The number of carbonyl (C=O) groups excluding carboxylic acids is 2. The molecule has 2 amide bonds. The number of nitrogens with zero attached hydrogens (tertiary/aromatic N) is 3. The van der Waals surface area contributed by atoms with Crippen molar-refractivity contribution in [1.82, 2.24) is 20.3 Å². The van der Waals surface area contributed by atoms with Crippen molar-refractivity contribution in [2.75, 3.05) is 11.9 Å². The number of amides is 2. The molecule has 7 nitrogen and oxygen atoms in total. The van der Waals surface area contributed by atoms with E-state index in [1.807, 2.05) is 10.6 Å². The number of anilines is 1. The minimum atomic E-state index is -5.11. The highest BCUT2D eigenvalue weighted by atomic mass is 19.4. The van der Waals surface area contributed by atoms with E-state index in [0.29, 0.717) is 12.1 Å². The molecule has 0 spiro atoms. The first-order valence-electron chi connectivity index (χ1n) is 8.49. The molecule has 0 saturated carbocycles. The molecule has 2 aromatic carbocycles. The second kappa shape index (κ2) is 8.64. The molecule has 1 heterocycles. The Kier molecular flexibility index (Phi) is 6.13. The van der Waals surface area contributed by atoms with Crippen molar-refractivity contribution in [2.45, 2.75) is 6.18 Å². The zero-order chi connectivity index (χ0) is 23.6. The van der Waals surface area contributed by atoms with Gasteiger partial charge in [-0.1, -0.05) is 5.21 Å². The maximum absolute atomic E-state index is 13.6. The molecule has 2 N–H and O–H groups in total. The van der Waals surface area contributed by atoms with Crippen LogP contribution in [0.3, 0.4) is 0 Å². The van der Waals surface area contributed by atoms with Crippen LogP contribution in [-0.4, -0.2) is 33.4 Å². The van der Waals surface area contributed by atoms with Crippen LogP contribution in [0, 0.1) is 23.3 Å². The summed E-state index contributed by atoms with van der Waals surface area (Å²) in [7, 11) is 0. The standard InChI is InChI=1S/C18H10F7N5O2/c19-8-1-3-9(4-2-8)30-16(18(23,24)25)15(28-29-30)17(32)26-7-12(31)27-11-6-5-10(20)13(21)14(11)22/h1-6H,7H2,(H,26,32)(H,27,31). The molecule has 0 atom stereocenters. The molecule has 0 aliphatic heterocycles. The summed E-state index contributed by atoms with van der Waals surface area (Å²) < 4.78 is 93.5. The average Bonchev–Trinajstić information content (AvgIpc) is 3.19. The van der Waals surface area contributed by atoms with Gasteiger partial charge in [0.2, 0.25) is 5.91 Å². The highest BCUT2D eigenvalue weighted by molar-refractivity contribution is 5.99. The highest BCUT2D eigenvalue weighted by Crippen LogP contribution is 2.32. The molecule has 3 rings (SSSR count). The van der Waals surface area contributed by atoms with E-state index in [0.717, 1.165) is 24.3 Å². The number of benzene rings is 2. The molecule has 0 aliphatic carbocycles. The van der Waals surface area contributed by atoms with Gasteiger partial charge in [-0.3, -0.25) is 9.59 Å². The molecule has 32 heavy (non-hydrogen) atoms. The third-order valence-corrected chi connectivity index (χ3v) is 3.94. The van der Waals surface area contributed by atoms with Gasteiger partial charge in [-0.25, -0.2) is 22.2 Å². The number of halogens is 7. The van der Waals surface area contributed by atoms with Crippen LogP contribution < -0.4 is 10.6 Å². The fourth-order valence-corrected chi connectivity index (χ4v) is 2.51. The fraction of sp³-hybridized carbons (Fsp3) is 0.111. The van der Waals surface area contributed by atoms with E-state index in [9.17, 15) is 40.3 Å². The number of rotatable bonds is 5. The van der Waals surface area contributed by atoms with E-state index in [1.54, 1.807) is 0 Å². The highest BCUT2D eigenvalue weighted by Gasteiger charge is 2.42. The van der Waals surface area contributed by atoms with Crippen molar-refractivity contribution in [3.8, 4) is 5.69 Å². The van der Waals surface area contributed by atoms with E-state index in [-0.39, 0.29) is 10.4 Å². The van der Waals surface area contributed by atoms with Crippen LogP contribution in [-0.2, 0) is 11.0 Å². The van der Waals surface area contributed by atoms with E-state index in [2.05, 4.69) is 10.3 Å². The molecule has 3 aromatic rings. The van der Waals surface area contributed by atoms with Gasteiger partial charge in [-0.15, -0.1) is 5.10 Å². The topological polar surface area (TPSA) is 88.9 Å². The van der Waals surface area contributed by atoms with Crippen LogP contribution >= 0.6 is 0 Å². The maximum atomic E-state index is 13.6. The van der Waals surface area contributed by atoms with Gasteiger partial charge in [-0.2, -0.15) is 13.2 Å². The number of hydrogen-bond donors (Lipinski definition) is 2. The molecular formula is C18H10F7N5O2. The second-order valence-electron chi connectivity index (χ2n) is 6.13. The summed E-state index contributed by atoms with van der Waals surface area (Å²) in [6.07, 6.45) is -5.11. The van der Waals surface area contributed by atoms with Crippen LogP contribution in [0.15, 0.2) is 36.4 Å². The van der Waals surface area contributed by atoms with Crippen molar-refractivity contribution in [2.24, 2.45) is 0 Å². The van der Waals surface area contributed by atoms with Crippen molar-refractivity contribution >= 4 is 17.5 Å². The lowest BCUT2D eigenvalue weighted by molar-refractivity contribution is -0.143. The molecule has 0 saturated heterocycles. The summed E-state index contributed by atoms with van der Waals surface area (Å²) in [4.78, 5) is 24.0. The van der Waals surface area contributed by atoms with Gasteiger partial charge in [0.15, 0.2) is 28.8 Å². The molecule has 0 bridgehead atoms.